The second-order valence-corrected chi connectivity index (χ2v) is 5.48. The molecule has 88 valence electrons. The quantitative estimate of drug-likeness (QED) is 0.812. The molecule has 1 aromatic carbocycles. The van der Waals surface area contributed by atoms with Gasteiger partial charge in [-0.3, -0.25) is 0 Å². The van der Waals surface area contributed by atoms with E-state index in [1.54, 1.807) is 11.8 Å². The van der Waals surface area contributed by atoms with Crippen LogP contribution in [0.1, 0.15) is 12.8 Å². The molecule has 2 rings (SSSR count). The van der Waals surface area contributed by atoms with Crippen LogP contribution in [0.4, 0.5) is 0 Å². The minimum absolute atomic E-state index is 0.210. The minimum atomic E-state index is -0.210. The molecule has 1 aromatic rings. The van der Waals surface area contributed by atoms with Crippen molar-refractivity contribution in [3.05, 3.63) is 30.3 Å². The highest BCUT2D eigenvalue weighted by Gasteiger charge is 2.27. The number of nitrogens with zero attached hydrogens (tertiary/aromatic N) is 1. The van der Waals surface area contributed by atoms with Crippen molar-refractivity contribution >= 4 is 11.8 Å². The Labute approximate surface area is 102 Å². The summed E-state index contributed by atoms with van der Waals surface area (Å²) >= 11 is 1.74. The molecule has 1 aliphatic rings. The van der Waals surface area contributed by atoms with E-state index in [9.17, 15) is 5.11 Å². The topological polar surface area (TPSA) is 23.5 Å². The van der Waals surface area contributed by atoms with E-state index in [1.165, 1.54) is 11.3 Å². The summed E-state index contributed by atoms with van der Waals surface area (Å²) in [5.74, 6) is 0.791. The van der Waals surface area contributed by atoms with Gasteiger partial charge in [0, 0.05) is 16.7 Å². The molecule has 1 aliphatic heterocycles. The van der Waals surface area contributed by atoms with Crippen molar-refractivity contribution in [1.29, 1.82) is 0 Å². The molecule has 16 heavy (non-hydrogen) atoms. The molecule has 2 nitrogen and oxygen atoms in total. The van der Waals surface area contributed by atoms with Crippen molar-refractivity contribution in [2.45, 2.75) is 29.9 Å². The van der Waals surface area contributed by atoms with Gasteiger partial charge < -0.3 is 10.0 Å². The van der Waals surface area contributed by atoms with E-state index in [1.807, 2.05) is 18.2 Å². The second kappa shape index (κ2) is 5.71. The van der Waals surface area contributed by atoms with Crippen LogP contribution in [0.2, 0.25) is 0 Å². The van der Waals surface area contributed by atoms with E-state index in [0.29, 0.717) is 6.04 Å². The van der Waals surface area contributed by atoms with Crippen molar-refractivity contribution in [2.24, 2.45) is 0 Å². The number of likely N-dealkylation sites (N-methyl/N-ethyl adjacent to an activating group) is 1. The van der Waals surface area contributed by atoms with Crippen LogP contribution in [0.25, 0.3) is 0 Å². The first kappa shape index (κ1) is 12.0. The van der Waals surface area contributed by atoms with E-state index in [4.69, 9.17) is 0 Å². The second-order valence-electron chi connectivity index (χ2n) is 4.38. The van der Waals surface area contributed by atoms with Crippen molar-refractivity contribution in [2.75, 3.05) is 19.3 Å². The SMILES string of the molecule is CN1CCCC1C(O)CSc1ccccc1. The summed E-state index contributed by atoms with van der Waals surface area (Å²) in [6.45, 7) is 1.12. The predicted molar refractivity (Wildman–Crippen MR) is 68.8 cm³/mol. The van der Waals surface area contributed by atoms with Gasteiger partial charge in [-0.1, -0.05) is 18.2 Å². The van der Waals surface area contributed by atoms with Crippen molar-refractivity contribution < 1.29 is 5.11 Å². The average molecular weight is 237 g/mol. The lowest BCUT2D eigenvalue weighted by molar-refractivity contribution is 0.104. The molecule has 2 atom stereocenters. The molecule has 0 saturated carbocycles. The van der Waals surface area contributed by atoms with Crippen LogP contribution in [0.15, 0.2) is 35.2 Å². The minimum Gasteiger partial charge on any atom is -0.391 e. The maximum Gasteiger partial charge on any atom is 0.0788 e. The fraction of sp³-hybridized carbons (Fsp3) is 0.538. The molecule has 0 aliphatic carbocycles. The molecule has 0 bridgehead atoms. The number of rotatable bonds is 4. The standard InChI is InChI=1S/C13H19NOS/c1-14-9-5-8-12(14)13(15)10-16-11-6-3-2-4-7-11/h2-4,6-7,12-13,15H,5,8-10H2,1H3. The van der Waals surface area contributed by atoms with E-state index in [2.05, 4.69) is 24.1 Å². The van der Waals surface area contributed by atoms with Gasteiger partial charge in [-0.05, 0) is 38.6 Å². The molecule has 1 N–H and O–H groups in total. The van der Waals surface area contributed by atoms with Crippen LogP contribution in [0, 0.1) is 0 Å². The maximum absolute atomic E-state index is 10.1. The Balaban J connectivity index is 1.81. The Morgan fingerprint density at radius 1 is 1.44 bits per heavy atom. The van der Waals surface area contributed by atoms with Gasteiger partial charge in [0.05, 0.1) is 6.10 Å². The zero-order valence-corrected chi connectivity index (χ0v) is 10.5. The van der Waals surface area contributed by atoms with Gasteiger partial charge in [0.15, 0.2) is 0 Å². The van der Waals surface area contributed by atoms with Crippen LogP contribution in [0.5, 0.6) is 0 Å². The first-order chi connectivity index (χ1) is 7.77. The van der Waals surface area contributed by atoms with Crippen LogP contribution in [0.3, 0.4) is 0 Å². The molecule has 3 heteroatoms. The molecule has 0 spiro atoms. The monoisotopic (exact) mass is 237 g/mol. The summed E-state index contributed by atoms with van der Waals surface area (Å²) in [6.07, 6.45) is 2.14. The molecule has 0 radical (unpaired) electrons. The number of benzene rings is 1. The third-order valence-electron chi connectivity index (χ3n) is 3.18. The predicted octanol–water partition coefficient (Wildman–Crippen LogP) is 2.23. The van der Waals surface area contributed by atoms with Crippen LogP contribution in [-0.4, -0.2) is 41.5 Å². The third kappa shape index (κ3) is 3.00. The number of hydrogen-bond acceptors (Lipinski definition) is 3. The average Bonchev–Trinajstić information content (AvgIpc) is 2.74. The van der Waals surface area contributed by atoms with Crippen molar-refractivity contribution in [3.63, 3.8) is 0 Å². The fourth-order valence-electron chi connectivity index (χ4n) is 2.23. The highest BCUT2D eigenvalue weighted by Crippen LogP contribution is 2.24. The highest BCUT2D eigenvalue weighted by atomic mass is 32.2. The van der Waals surface area contributed by atoms with Gasteiger partial charge in [0.25, 0.3) is 0 Å². The van der Waals surface area contributed by atoms with Gasteiger partial charge in [-0.15, -0.1) is 11.8 Å². The summed E-state index contributed by atoms with van der Waals surface area (Å²) in [6, 6.07) is 10.6. The van der Waals surface area contributed by atoms with Gasteiger partial charge >= 0.3 is 0 Å². The Bertz CT molecular complexity index is 317. The lowest BCUT2D eigenvalue weighted by atomic mass is 10.1. The Hall–Kier alpha value is -0.510. The van der Waals surface area contributed by atoms with Crippen LogP contribution in [-0.2, 0) is 0 Å². The number of aliphatic hydroxyl groups excluding tert-OH is 1. The number of hydrogen-bond donors (Lipinski definition) is 1. The van der Waals surface area contributed by atoms with Crippen LogP contribution < -0.4 is 0 Å². The third-order valence-corrected chi connectivity index (χ3v) is 4.30. The lowest BCUT2D eigenvalue weighted by Gasteiger charge is -2.24. The van der Waals surface area contributed by atoms with Crippen LogP contribution >= 0.6 is 11.8 Å². The summed E-state index contributed by atoms with van der Waals surface area (Å²) in [4.78, 5) is 3.51. The Morgan fingerprint density at radius 2 is 2.19 bits per heavy atom. The molecule has 0 aromatic heterocycles. The summed E-state index contributed by atoms with van der Waals surface area (Å²) in [7, 11) is 2.11. The van der Waals surface area contributed by atoms with Gasteiger partial charge in [0.1, 0.15) is 0 Å². The molecular weight excluding hydrogens is 218 g/mol. The number of aliphatic hydroxyl groups is 1. The first-order valence-electron chi connectivity index (χ1n) is 5.83. The Kier molecular flexibility index (Phi) is 4.27. The number of thioether (sulfide) groups is 1. The lowest BCUT2D eigenvalue weighted by Crippen LogP contribution is -2.37. The van der Waals surface area contributed by atoms with Gasteiger partial charge in [-0.2, -0.15) is 0 Å². The highest BCUT2D eigenvalue weighted by molar-refractivity contribution is 7.99. The number of likely N-dealkylation sites (tertiary alicyclic amines) is 1. The normalized spacial score (nSPS) is 23.5. The fourth-order valence-corrected chi connectivity index (χ4v) is 3.17. The zero-order chi connectivity index (χ0) is 11.4. The van der Waals surface area contributed by atoms with Crippen molar-refractivity contribution in [1.82, 2.24) is 4.90 Å². The molecular formula is C13H19NOS. The first-order valence-corrected chi connectivity index (χ1v) is 6.82. The maximum atomic E-state index is 10.1. The van der Waals surface area contributed by atoms with E-state index in [-0.39, 0.29) is 6.10 Å². The molecule has 2 unspecified atom stereocenters. The van der Waals surface area contributed by atoms with E-state index < -0.39 is 0 Å². The molecule has 0 amide bonds. The largest absolute Gasteiger partial charge is 0.391 e. The van der Waals surface area contributed by atoms with E-state index in [0.717, 1.165) is 18.7 Å². The smallest absolute Gasteiger partial charge is 0.0788 e. The molecule has 1 heterocycles. The van der Waals surface area contributed by atoms with Gasteiger partial charge in [0.2, 0.25) is 0 Å². The summed E-state index contributed by atoms with van der Waals surface area (Å²) in [5, 5.41) is 10.1. The summed E-state index contributed by atoms with van der Waals surface area (Å²) in [5.41, 5.74) is 0. The summed E-state index contributed by atoms with van der Waals surface area (Å²) < 4.78 is 0. The molecule has 1 saturated heterocycles. The van der Waals surface area contributed by atoms with Gasteiger partial charge in [-0.25, -0.2) is 0 Å². The molecule has 1 fully saturated rings. The van der Waals surface area contributed by atoms with E-state index >= 15 is 0 Å². The zero-order valence-electron chi connectivity index (χ0n) is 9.67. The Morgan fingerprint density at radius 3 is 2.81 bits per heavy atom. The van der Waals surface area contributed by atoms with Crippen molar-refractivity contribution in [3.8, 4) is 0 Å².